The minimum atomic E-state index is 0.225. The lowest BCUT2D eigenvalue weighted by atomic mass is 10.0. The summed E-state index contributed by atoms with van der Waals surface area (Å²) in [6, 6.07) is 8.28. The molecule has 0 spiro atoms. The highest BCUT2D eigenvalue weighted by molar-refractivity contribution is 5.50. The van der Waals surface area contributed by atoms with Gasteiger partial charge < -0.3 is 5.32 Å². The maximum Gasteiger partial charge on any atom is 0.157 e. The summed E-state index contributed by atoms with van der Waals surface area (Å²) in [7, 11) is 0. The largest absolute Gasteiger partial charge is 0.363 e. The molecular formula is C17H21N5. The maximum atomic E-state index is 4.49. The van der Waals surface area contributed by atoms with E-state index < -0.39 is 0 Å². The van der Waals surface area contributed by atoms with Crippen molar-refractivity contribution in [1.82, 2.24) is 19.6 Å². The van der Waals surface area contributed by atoms with Crippen molar-refractivity contribution < 1.29 is 0 Å². The Kier molecular flexibility index (Phi) is 4.32. The highest BCUT2D eigenvalue weighted by Gasteiger charge is 2.14. The number of rotatable bonds is 6. The summed E-state index contributed by atoms with van der Waals surface area (Å²) in [6.45, 7) is 4.21. The Morgan fingerprint density at radius 2 is 2.18 bits per heavy atom. The van der Waals surface area contributed by atoms with Crippen molar-refractivity contribution >= 4 is 11.5 Å². The number of nitrogens with zero attached hydrogens (tertiary/aromatic N) is 4. The van der Waals surface area contributed by atoms with Gasteiger partial charge in [0, 0.05) is 30.2 Å². The van der Waals surface area contributed by atoms with E-state index in [-0.39, 0.29) is 6.04 Å². The third-order valence-corrected chi connectivity index (χ3v) is 3.74. The summed E-state index contributed by atoms with van der Waals surface area (Å²) in [5.41, 5.74) is 3.05. The van der Waals surface area contributed by atoms with Gasteiger partial charge in [-0.3, -0.25) is 4.98 Å². The summed E-state index contributed by atoms with van der Waals surface area (Å²) in [5, 5.41) is 7.98. The lowest BCUT2D eigenvalue weighted by molar-refractivity contribution is 0.628. The van der Waals surface area contributed by atoms with Crippen LogP contribution in [0.3, 0.4) is 0 Å². The minimum Gasteiger partial charge on any atom is -0.363 e. The Labute approximate surface area is 130 Å². The first-order chi connectivity index (χ1) is 10.8. The normalized spacial score (nSPS) is 12.5. The lowest BCUT2D eigenvalue weighted by Crippen LogP contribution is -2.14. The fraction of sp³-hybridized carbons (Fsp3) is 0.353. The van der Waals surface area contributed by atoms with E-state index >= 15 is 0 Å². The van der Waals surface area contributed by atoms with Crippen LogP contribution >= 0.6 is 0 Å². The van der Waals surface area contributed by atoms with Crippen LogP contribution in [0.15, 0.2) is 42.9 Å². The molecule has 0 aliphatic heterocycles. The first-order valence-corrected chi connectivity index (χ1v) is 7.76. The van der Waals surface area contributed by atoms with Crippen LogP contribution in [0.2, 0.25) is 0 Å². The molecule has 5 heteroatoms. The van der Waals surface area contributed by atoms with E-state index in [0.717, 1.165) is 23.6 Å². The zero-order valence-electron chi connectivity index (χ0n) is 13.0. The summed E-state index contributed by atoms with van der Waals surface area (Å²) < 4.78 is 1.85. The maximum absolute atomic E-state index is 4.49. The van der Waals surface area contributed by atoms with Gasteiger partial charge in [0.05, 0.1) is 12.2 Å². The lowest BCUT2D eigenvalue weighted by Gasteiger charge is -2.20. The van der Waals surface area contributed by atoms with E-state index in [1.54, 1.807) is 6.20 Å². The molecule has 0 saturated heterocycles. The van der Waals surface area contributed by atoms with Gasteiger partial charge in [-0.2, -0.15) is 9.61 Å². The molecule has 0 radical (unpaired) electrons. The predicted octanol–water partition coefficient (Wildman–Crippen LogP) is 3.78. The Bertz CT molecular complexity index is 735. The molecule has 1 N–H and O–H groups in total. The van der Waals surface area contributed by atoms with Gasteiger partial charge in [0.25, 0.3) is 0 Å². The monoisotopic (exact) mass is 295 g/mol. The molecule has 0 aliphatic carbocycles. The van der Waals surface area contributed by atoms with Crippen molar-refractivity contribution in [3.63, 3.8) is 0 Å². The quantitative estimate of drug-likeness (QED) is 0.752. The van der Waals surface area contributed by atoms with E-state index in [0.29, 0.717) is 0 Å². The van der Waals surface area contributed by atoms with Crippen LogP contribution in [0.5, 0.6) is 0 Å². The Hall–Kier alpha value is -2.43. The molecule has 0 aliphatic rings. The van der Waals surface area contributed by atoms with Crippen LogP contribution in [0.1, 0.15) is 43.5 Å². The van der Waals surface area contributed by atoms with Gasteiger partial charge in [0.1, 0.15) is 5.82 Å². The molecule has 3 rings (SSSR count). The average Bonchev–Trinajstić information content (AvgIpc) is 3.00. The third kappa shape index (κ3) is 3.08. The number of unbranched alkanes of at least 4 members (excludes halogenated alkanes) is 1. The zero-order valence-corrected chi connectivity index (χ0v) is 13.0. The number of anilines is 1. The zero-order chi connectivity index (χ0) is 15.4. The van der Waals surface area contributed by atoms with Crippen molar-refractivity contribution in [3.05, 3.63) is 54.1 Å². The van der Waals surface area contributed by atoms with Gasteiger partial charge in [-0.05, 0) is 25.0 Å². The number of nitrogens with one attached hydrogen (secondary N) is 1. The fourth-order valence-corrected chi connectivity index (χ4v) is 2.63. The molecule has 3 aromatic rings. The van der Waals surface area contributed by atoms with Crippen LogP contribution < -0.4 is 5.32 Å². The molecule has 0 unspecified atom stereocenters. The van der Waals surface area contributed by atoms with Crippen LogP contribution in [0, 0.1) is 6.92 Å². The average molecular weight is 295 g/mol. The molecule has 114 valence electrons. The van der Waals surface area contributed by atoms with Crippen LogP contribution in [-0.2, 0) is 0 Å². The SMILES string of the molecule is CCCC[C@H](Nc1cc(C)nc2ccnn12)c1cccnc1. The molecule has 5 nitrogen and oxygen atoms in total. The van der Waals surface area contributed by atoms with E-state index in [2.05, 4.69) is 33.4 Å². The molecule has 0 bridgehead atoms. The van der Waals surface area contributed by atoms with E-state index in [4.69, 9.17) is 0 Å². The highest BCUT2D eigenvalue weighted by Crippen LogP contribution is 2.24. The molecule has 0 saturated carbocycles. The molecule has 0 fully saturated rings. The van der Waals surface area contributed by atoms with E-state index in [9.17, 15) is 0 Å². The van der Waals surface area contributed by atoms with Gasteiger partial charge >= 0.3 is 0 Å². The van der Waals surface area contributed by atoms with Gasteiger partial charge in [0.15, 0.2) is 5.65 Å². The Morgan fingerprint density at radius 3 is 2.95 bits per heavy atom. The fourth-order valence-electron chi connectivity index (χ4n) is 2.63. The molecular weight excluding hydrogens is 274 g/mol. The van der Waals surface area contributed by atoms with Crippen molar-refractivity contribution in [2.45, 2.75) is 39.2 Å². The van der Waals surface area contributed by atoms with Crippen molar-refractivity contribution in [1.29, 1.82) is 0 Å². The molecule has 1 atom stereocenters. The molecule has 3 aromatic heterocycles. The molecule has 3 heterocycles. The number of aromatic nitrogens is 4. The van der Waals surface area contributed by atoms with Crippen molar-refractivity contribution in [3.8, 4) is 0 Å². The number of hydrogen-bond donors (Lipinski definition) is 1. The molecule has 0 amide bonds. The van der Waals surface area contributed by atoms with Gasteiger partial charge in [-0.1, -0.05) is 25.8 Å². The van der Waals surface area contributed by atoms with Gasteiger partial charge in [-0.15, -0.1) is 0 Å². The smallest absolute Gasteiger partial charge is 0.157 e. The Morgan fingerprint density at radius 1 is 1.27 bits per heavy atom. The number of aryl methyl sites for hydroxylation is 1. The van der Waals surface area contributed by atoms with Crippen LogP contribution in [0.25, 0.3) is 5.65 Å². The summed E-state index contributed by atoms with van der Waals surface area (Å²) in [4.78, 5) is 8.74. The van der Waals surface area contributed by atoms with E-state index in [1.807, 2.05) is 42.0 Å². The Balaban J connectivity index is 1.93. The second-order valence-electron chi connectivity index (χ2n) is 5.51. The second-order valence-corrected chi connectivity index (χ2v) is 5.51. The predicted molar refractivity (Wildman–Crippen MR) is 87.8 cm³/mol. The third-order valence-electron chi connectivity index (χ3n) is 3.74. The topological polar surface area (TPSA) is 55.1 Å². The number of hydrogen-bond acceptors (Lipinski definition) is 4. The molecule has 0 aromatic carbocycles. The number of pyridine rings is 1. The first-order valence-electron chi connectivity index (χ1n) is 7.76. The summed E-state index contributed by atoms with van der Waals surface area (Å²) in [6.07, 6.45) is 8.92. The summed E-state index contributed by atoms with van der Waals surface area (Å²) in [5.74, 6) is 0.970. The second kappa shape index (κ2) is 6.56. The van der Waals surface area contributed by atoms with Crippen molar-refractivity contribution in [2.24, 2.45) is 0 Å². The van der Waals surface area contributed by atoms with E-state index in [1.165, 1.54) is 18.4 Å². The van der Waals surface area contributed by atoms with Crippen LogP contribution in [0.4, 0.5) is 5.82 Å². The number of fused-ring (bicyclic) bond motifs is 1. The highest BCUT2D eigenvalue weighted by atomic mass is 15.3. The molecule has 22 heavy (non-hydrogen) atoms. The van der Waals surface area contributed by atoms with Gasteiger partial charge in [-0.25, -0.2) is 4.98 Å². The van der Waals surface area contributed by atoms with Crippen molar-refractivity contribution in [2.75, 3.05) is 5.32 Å². The first kappa shape index (κ1) is 14.5. The minimum absolute atomic E-state index is 0.225. The van der Waals surface area contributed by atoms with Gasteiger partial charge in [0.2, 0.25) is 0 Å². The van der Waals surface area contributed by atoms with Crippen LogP contribution in [-0.4, -0.2) is 19.6 Å². The summed E-state index contributed by atoms with van der Waals surface area (Å²) >= 11 is 0. The standard InChI is InChI=1S/C17H21N5/c1-3-4-7-15(14-6-5-9-18-12-14)21-17-11-13(2)20-16-8-10-19-22(16)17/h5-6,8-12,15,21H,3-4,7H2,1-2H3/t15-/m0/s1.